The van der Waals surface area contributed by atoms with E-state index in [-0.39, 0.29) is 5.54 Å². The van der Waals surface area contributed by atoms with E-state index in [2.05, 4.69) is 51.2 Å². The number of hydrogen-bond donors (Lipinski definition) is 1. The minimum Gasteiger partial charge on any atom is -0.457 e. The highest BCUT2D eigenvalue weighted by Gasteiger charge is 2.08. The van der Waals surface area contributed by atoms with Gasteiger partial charge in [0.15, 0.2) is 0 Å². The number of aryl methyl sites for hydroxylation is 1. The Balaban J connectivity index is 1.98. The number of benzene rings is 2. The molecule has 2 aromatic carbocycles. The normalized spacial score (nSPS) is 11.4. The first-order valence-corrected chi connectivity index (χ1v) is 7.01. The summed E-state index contributed by atoms with van der Waals surface area (Å²) in [6, 6.07) is 16.3. The quantitative estimate of drug-likeness (QED) is 0.870. The van der Waals surface area contributed by atoms with Crippen molar-refractivity contribution in [3.05, 3.63) is 59.7 Å². The lowest BCUT2D eigenvalue weighted by molar-refractivity contribution is 0.424. The van der Waals surface area contributed by atoms with Crippen LogP contribution in [0, 0.1) is 6.92 Å². The van der Waals surface area contributed by atoms with Gasteiger partial charge in [-0.3, -0.25) is 0 Å². The average molecular weight is 269 g/mol. The Morgan fingerprint density at radius 2 is 1.65 bits per heavy atom. The molecule has 0 fully saturated rings. The third-order valence-corrected chi connectivity index (χ3v) is 2.97. The molecule has 0 amide bonds. The van der Waals surface area contributed by atoms with Gasteiger partial charge in [0, 0.05) is 12.1 Å². The predicted octanol–water partition coefficient (Wildman–Crippen LogP) is 4.68. The van der Waals surface area contributed by atoms with Gasteiger partial charge in [-0.2, -0.15) is 0 Å². The zero-order chi connectivity index (χ0) is 14.6. The van der Waals surface area contributed by atoms with Crippen LogP contribution in [0.15, 0.2) is 48.5 Å². The molecule has 1 N–H and O–H groups in total. The minimum absolute atomic E-state index is 0.136. The third kappa shape index (κ3) is 4.71. The first-order valence-electron chi connectivity index (χ1n) is 7.01. The lowest BCUT2D eigenvalue weighted by Gasteiger charge is -2.20. The molecular formula is C18H23NO. The van der Waals surface area contributed by atoms with Crippen LogP contribution in [0.1, 0.15) is 31.9 Å². The van der Waals surface area contributed by atoms with Crippen molar-refractivity contribution in [3.63, 3.8) is 0 Å². The molecule has 2 nitrogen and oxygen atoms in total. The first-order chi connectivity index (χ1) is 9.42. The molecule has 0 saturated carbocycles. The number of rotatable bonds is 4. The summed E-state index contributed by atoms with van der Waals surface area (Å²) in [4.78, 5) is 0. The van der Waals surface area contributed by atoms with E-state index in [0.29, 0.717) is 0 Å². The second-order valence-corrected chi connectivity index (χ2v) is 6.17. The van der Waals surface area contributed by atoms with E-state index in [1.54, 1.807) is 0 Å². The van der Waals surface area contributed by atoms with Gasteiger partial charge in [0.2, 0.25) is 0 Å². The van der Waals surface area contributed by atoms with Gasteiger partial charge in [0.05, 0.1) is 0 Å². The summed E-state index contributed by atoms with van der Waals surface area (Å²) in [5, 5.41) is 3.47. The average Bonchev–Trinajstić information content (AvgIpc) is 2.37. The number of ether oxygens (including phenoxy) is 1. The van der Waals surface area contributed by atoms with Crippen molar-refractivity contribution in [1.82, 2.24) is 5.32 Å². The highest BCUT2D eigenvalue weighted by molar-refractivity contribution is 5.34. The molecule has 0 bridgehead atoms. The van der Waals surface area contributed by atoms with Crippen LogP contribution in [0.3, 0.4) is 0 Å². The Labute approximate surface area is 121 Å². The summed E-state index contributed by atoms with van der Waals surface area (Å²) >= 11 is 0. The molecular weight excluding hydrogens is 246 g/mol. The summed E-state index contributed by atoms with van der Waals surface area (Å²) in [5.41, 5.74) is 2.60. The third-order valence-electron chi connectivity index (χ3n) is 2.97. The molecule has 0 aromatic heterocycles. The molecule has 0 aliphatic rings. The van der Waals surface area contributed by atoms with Crippen molar-refractivity contribution in [3.8, 4) is 11.5 Å². The lowest BCUT2D eigenvalue weighted by Crippen LogP contribution is -2.34. The van der Waals surface area contributed by atoms with Crippen molar-refractivity contribution >= 4 is 0 Å². The summed E-state index contributed by atoms with van der Waals surface area (Å²) in [6.45, 7) is 9.44. The van der Waals surface area contributed by atoms with Gasteiger partial charge in [0.1, 0.15) is 11.5 Å². The molecule has 0 atom stereocenters. The Hall–Kier alpha value is -1.80. The van der Waals surface area contributed by atoms with E-state index in [9.17, 15) is 0 Å². The highest BCUT2D eigenvalue weighted by atomic mass is 16.5. The minimum atomic E-state index is 0.136. The monoisotopic (exact) mass is 269 g/mol. The molecule has 2 aromatic rings. The van der Waals surface area contributed by atoms with Crippen molar-refractivity contribution in [2.24, 2.45) is 0 Å². The van der Waals surface area contributed by atoms with E-state index in [0.717, 1.165) is 18.0 Å². The topological polar surface area (TPSA) is 21.3 Å². The largest absolute Gasteiger partial charge is 0.457 e. The maximum atomic E-state index is 5.84. The zero-order valence-electron chi connectivity index (χ0n) is 12.7. The molecule has 0 aliphatic carbocycles. The van der Waals surface area contributed by atoms with Crippen molar-refractivity contribution in [2.75, 3.05) is 0 Å². The van der Waals surface area contributed by atoms with E-state index in [1.807, 2.05) is 30.3 Å². The van der Waals surface area contributed by atoms with Crippen molar-refractivity contribution in [1.29, 1.82) is 0 Å². The van der Waals surface area contributed by atoms with Crippen LogP contribution in [0.2, 0.25) is 0 Å². The summed E-state index contributed by atoms with van der Waals surface area (Å²) < 4.78 is 5.84. The second kappa shape index (κ2) is 6.10. The van der Waals surface area contributed by atoms with Gasteiger partial charge in [0.25, 0.3) is 0 Å². The zero-order valence-corrected chi connectivity index (χ0v) is 12.7. The molecule has 2 heteroatoms. The molecule has 0 aliphatic heterocycles. The van der Waals surface area contributed by atoms with Gasteiger partial charge in [-0.25, -0.2) is 0 Å². The van der Waals surface area contributed by atoms with Crippen LogP contribution in [0.5, 0.6) is 11.5 Å². The smallest absolute Gasteiger partial charge is 0.127 e. The maximum absolute atomic E-state index is 5.84. The standard InChI is InChI=1S/C18H23NO/c1-14-6-5-7-17(12-14)20-16-10-8-15(9-11-16)13-19-18(2,3)4/h5-12,19H,13H2,1-4H3. The lowest BCUT2D eigenvalue weighted by atomic mass is 10.1. The Morgan fingerprint density at radius 1 is 0.950 bits per heavy atom. The second-order valence-electron chi connectivity index (χ2n) is 6.17. The number of hydrogen-bond acceptors (Lipinski definition) is 2. The molecule has 20 heavy (non-hydrogen) atoms. The molecule has 0 heterocycles. The van der Waals surface area contributed by atoms with Gasteiger partial charge in [-0.05, 0) is 63.1 Å². The van der Waals surface area contributed by atoms with Crippen LogP contribution < -0.4 is 10.1 Å². The Bertz CT molecular complexity index is 552. The van der Waals surface area contributed by atoms with Gasteiger partial charge in [-0.1, -0.05) is 24.3 Å². The molecule has 106 valence electrons. The van der Waals surface area contributed by atoms with Crippen molar-refractivity contribution in [2.45, 2.75) is 39.8 Å². The molecule has 2 rings (SSSR count). The van der Waals surface area contributed by atoms with E-state index >= 15 is 0 Å². The SMILES string of the molecule is Cc1cccc(Oc2ccc(CNC(C)(C)C)cc2)c1. The summed E-state index contributed by atoms with van der Waals surface area (Å²) in [5.74, 6) is 1.75. The first kappa shape index (κ1) is 14.6. The van der Waals surface area contributed by atoms with Crippen LogP contribution in [-0.4, -0.2) is 5.54 Å². The van der Waals surface area contributed by atoms with Crippen molar-refractivity contribution < 1.29 is 4.74 Å². The molecule has 0 unspecified atom stereocenters. The summed E-state index contributed by atoms with van der Waals surface area (Å²) in [6.07, 6.45) is 0. The maximum Gasteiger partial charge on any atom is 0.127 e. The number of nitrogens with one attached hydrogen (secondary N) is 1. The van der Waals surface area contributed by atoms with Gasteiger partial charge in [-0.15, -0.1) is 0 Å². The highest BCUT2D eigenvalue weighted by Crippen LogP contribution is 2.22. The molecule has 0 saturated heterocycles. The Kier molecular flexibility index (Phi) is 4.46. The van der Waals surface area contributed by atoms with E-state index in [4.69, 9.17) is 4.74 Å². The van der Waals surface area contributed by atoms with E-state index in [1.165, 1.54) is 11.1 Å². The van der Waals surface area contributed by atoms with Gasteiger partial charge < -0.3 is 10.1 Å². The van der Waals surface area contributed by atoms with Crippen LogP contribution in [0.4, 0.5) is 0 Å². The fourth-order valence-electron chi connectivity index (χ4n) is 1.86. The van der Waals surface area contributed by atoms with Crippen LogP contribution in [-0.2, 0) is 6.54 Å². The fraction of sp³-hybridized carbons (Fsp3) is 0.333. The van der Waals surface area contributed by atoms with Gasteiger partial charge >= 0.3 is 0 Å². The predicted molar refractivity (Wildman–Crippen MR) is 84.3 cm³/mol. The Morgan fingerprint density at radius 3 is 2.25 bits per heavy atom. The molecule has 0 spiro atoms. The fourth-order valence-corrected chi connectivity index (χ4v) is 1.86. The molecule has 0 radical (unpaired) electrons. The van der Waals surface area contributed by atoms with Crippen LogP contribution >= 0.6 is 0 Å². The summed E-state index contributed by atoms with van der Waals surface area (Å²) in [7, 11) is 0. The van der Waals surface area contributed by atoms with Crippen LogP contribution in [0.25, 0.3) is 0 Å². The van der Waals surface area contributed by atoms with E-state index < -0.39 is 0 Å².